The molecule has 0 radical (unpaired) electrons. The number of benzene rings is 2. The van der Waals surface area contributed by atoms with Gasteiger partial charge in [0.2, 0.25) is 0 Å². The van der Waals surface area contributed by atoms with Gasteiger partial charge < -0.3 is 10.1 Å². The maximum absolute atomic E-state index is 13.7. The Morgan fingerprint density at radius 3 is 1.81 bits per heavy atom. The molecule has 0 atom stereocenters. The van der Waals surface area contributed by atoms with Gasteiger partial charge in [-0.15, -0.1) is 0 Å². The fraction of sp³-hybridized carbons (Fsp3) is 0.111. The van der Waals surface area contributed by atoms with E-state index in [4.69, 9.17) is 15.3 Å². The summed E-state index contributed by atoms with van der Waals surface area (Å²) in [7, 11) is 0. The Balaban J connectivity index is 2.30. The maximum Gasteiger partial charge on any atom is 0.459 e. The topological polar surface area (TPSA) is 68.8 Å². The van der Waals surface area contributed by atoms with Gasteiger partial charge in [0.05, 0.1) is 0 Å². The maximum atomic E-state index is 13.7. The number of nitrogens with one attached hydrogen (secondary N) is 1. The molecule has 2 aromatic carbocycles. The second-order valence-corrected chi connectivity index (χ2v) is 5.11. The van der Waals surface area contributed by atoms with Gasteiger partial charge in [-0.3, -0.25) is 0 Å². The van der Waals surface area contributed by atoms with Crippen LogP contribution < -0.4 is 10.1 Å². The van der Waals surface area contributed by atoms with Crippen LogP contribution in [0.4, 0.5) is 27.6 Å². The lowest BCUT2D eigenvalue weighted by Gasteiger charge is -2.23. The number of hydrogen-bond donors (Lipinski definition) is 1. The minimum absolute atomic E-state index is 0.183. The van der Waals surface area contributed by atoms with Crippen molar-refractivity contribution in [1.29, 1.82) is 10.5 Å². The summed E-state index contributed by atoms with van der Waals surface area (Å²) in [6.07, 6.45) is -5.98. The standard InChI is InChI=1S/C18H10F5N3O/c19-17(20,18(21,22)23)16(12(10-24)11-25)26-13-6-8-15(9-7-13)27-14-4-2-1-3-5-14/h1-9,26H. The molecule has 0 aliphatic heterocycles. The molecule has 4 nitrogen and oxygen atoms in total. The molecule has 0 spiro atoms. The van der Waals surface area contributed by atoms with Crippen molar-refractivity contribution < 1.29 is 26.7 Å². The zero-order valence-corrected chi connectivity index (χ0v) is 13.4. The van der Waals surface area contributed by atoms with Crippen LogP contribution >= 0.6 is 0 Å². The first-order valence-corrected chi connectivity index (χ1v) is 7.28. The van der Waals surface area contributed by atoms with E-state index in [0.29, 0.717) is 11.5 Å². The predicted molar refractivity (Wildman–Crippen MR) is 85.8 cm³/mol. The molecule has 0 bridgehead atoms. The molecule has 0 amide bonds. The van der Waals surface area contributed by atoms with Crippen LogP contribution in [0.5, 0.6) is 11.5 Å². The number of nitriles is 2. The fourth-order valence-corrected chi connectivity index (χ4v) is 1.95. The van der Waals surface area contributed by atoms with Crippen molar-refractivity contribution in [2.24, 2.45) is 0 Å². The summed E-state index contributed by atoms with van der Waals surface area (Å²) < 4.78 is 70.9. The molecule has 138 valence electrons. The zero-order chi connectivity index (χ0) is 20.1. The summed E-state index contributed by atoms with van der Waals surface area (Å²) in [6.45, 7) is 0. The summed E-state index contributed by atoms with van der Waals surface area (Å²) in [5, 5.41) is 19.3. The number of alkyl halides is 5. The van der Waals surface area contributed by atoms with E-state index in [0.717, 1.165) is 12.1 Å². The third-order valence-electron chi connectivity index (χ3n) is 3.25. The number of rotatable bonds is 5. The lowest BCUT2D eigenvalue weighted by molar-refractivity contribution is -0.263. The van der Waals surface area contributed by atoms with Crippen molar-refractivity contribution in [1.82, 2.24) is 0 Å². The average molecular weight is 379 g/mol. The molecule has 0 unspecified atom stereocenters. The third-order valence-corrected chi connectivity index (χ3v) is 3.25. The van der Waals surface area contributed by atoms with E-state index in [-0.39, 0.29) is 5.69 Å². The first-order chi connectivity index (χ1) is 12.7. The fourth-order valence-electron chi connectivity index (χ4n) is 1.95. The lowest BCUT2D eigenvalue weighted by Crippen LogP contribution is -2.41. The second-order valence-electron chi connectivity index (χ2n) is 5.11. The van der Waals surface area contributed by atoms with Crippen LogP contribution in [-0.4, -0.2) is 12.1 Å². The van der Waals surface area contributed by atoms with Gasteiger partial charge in [-0.25, -0.2) is 0 Å². The molecule has 0 aliphatic carbocycles. The Morgan fingerprint density at radius 1 is 0.815 bits per heavy atom. The van der Waals surface area contributed by atoms with Crippen molar-refractivity contribution in [2.45, 2.75) is 12.1 Å². The molecule has 0 saturated heterocycles. The van der Waals surface area contributed by atoms with Crippen molar-refractivity contribution >= 4 is 5.69 Å². The molecule has 0 fully saturated rings. The number of para-hydroxylation sites is 1. The van der Waals surface area contributed by atoms with Gasteiger partial charge in [0, 0.05) is 5.69 Å². The van der Waals surface area contributed by atoms with E-state index in [9.17, 15) is 22.0 Å². The summed E-state index contributed by atoms with van der Waals surface area (Å²) in [6, 6.07) is 15.7. The zero-order valence-electron chi connectivity index (χ0n) is 13.4. The number of hydrogen-bond acceptors (Lipinski definition) is 4. The Bertz CT molecular complexity index is 891. The van der Waals surface area contributed by atoms with E-state index in [2.05, 4.69) is 0 Å². The van der Waals surface area contributed by atoms with Gasteiger partial charge in [-0.05, 0) is 36.4 Å². The lowest BCUT2D eigenvalue weighted by atomic mass is 10.1. The van der Waals surface area contributed by atoms with E-state index >= 15 is 0 Å². The Morgan fingerprint density at radius 2 is 1.33 bits per heavy atom. The molecule has 0 aliphatic rings. The van der Waals surface area contributed by atoms with Crippen molar-refractivity contribution in [3.05, 3.63) is 65.9 Å². The highest BCUT2D eigenvalue weighted by molar-refractivity contribution is 5.57. The van der Waals surface area contributed by atoms with Crippen molar-refractivity contribution in [3.63, 3.8) is 0 Å². The minimum Gasteiger partial charge on any atom is -0.457 e. The van der Waals surface area contributed by atoms with E-state index in [1.807, 2.05) is 5.32 Å². The van der Waals surface area contributed by atoms with Crippen molar-refractivity contribution in [3.8, 4) is 23.6 Å². The van der Waals surface area contributed by atoms with Gasteiger partial charge in [0.25, 0.3) is 0 Å². The molecular weight excluding hydrogens is 369 g/mol. The minimum atomic E-state index is -5.98. The summed E-state index contributed by atoms with van der Waals surface area (Å²) >= 11 is 0. The second kappa shape index (κ2) is 7.75. The van der Waals surface area contributed by atoms with Gasteiger partial charge in [-0.2, -0.15) is 32.5 Å². The van der Waals surface area contributed by atoms with E-state index < -0.39 is 23.4 Å². The monoisotopic (exact) mass is 379 g/mol. The first-order valence-electron chi connectivity index (χ1n) is 7.28. The molecule has 0 aromatic heterocycles. The molecule has 2 aromatic rings. The van der Waals surface area contributed by atoms with Gasteiger partial charge in [0.1, 0.15) is 29.3 Å². The number of halogens is 5. The SMILES string of the molecule is N#CC(C#N)=C(Nc1ccc(Oc2ccccc2)cc1)C(F)(F)C(F)(F)F. The summed E-state index contributed by atoms with van der Waals surface area (Å²) in [5.41, 5.74) is -3.39. The number of anilines is 1. The number of nitrogens with zero attached hydrogens (tertiary/aromatic N) is 2. The van der Waals surface area contributed by atoms with Crippen LogP contribution in [0.25, 0.3) is 0 Å². The smallest absolute Gasteiger partial charge is 0.457 e. The quantitative estimate of drug-likeness (QED) is 0.559. The Hall–Kier alpha value is -3.59. The van der Waals surface area contributed by atoms with Crippen molar-refractivity contribution in [2.75, 3.05) is 5.32 Å². The summed E-state index contributed by atoms with van der Waals surface area (Å²) in [5.74, 6) is -4.60. The van der Waals surface area contributed by atoms with Gasteiger partial charge >= 0.3 is 12.1 Å². The highest BCUT2D eigenvalue weighted by Gasteiger charge is 2.61. The van der Waals surface area contributed by atoms with Gasteiger partial charge in [-0.1, -0.05) is 18.2 Å². The van der Waals surface area contributed by atoms with Crippen LogP contribution in [0.15, 0.2) is 65.9 Å². The Kier molecular flexibility index (Phi) is 5.66. The molecule has 1 N–H and O–H groups in total. The average Bonchev–Trinajstić information content (AvgIpc) is 2.63. The summed E-state index contributed by atoms with van der Waals surface area (Å²) in [4.78, 5) is 0. The molecule has 2 rings (SSSR count). The van der Waals surface area contributed by atoms with Crippen LogP contribution in [0.2, 0.25) is 0 Å². The normalized spacial score (nSPS) is 11.1. The highest BCUT2D eigenvalue weighted by atomic mass is 19.4. The van der Waals surface area contributed by atoms with Crippen LogP contribution in [0.1, 0.15) is 0 Å². The molecule has 9 heteroatoms. The third kappa shape index (κ3) is 4.53. The molecular formula is C18H10F5N3O. The largest absolute Gasteiger partial charge is 0.459 e. The van der Waals surface area contributed by atoms with E-state index in [1.165, 1.54) is 24.3 Å². The van der Waals surface area contributed by atoms with Gasteiger partial charge in [0.15, 0.2) is 5.57 Å². The Labute approximate surface area is 150 Å². The first kappa shape index (κ1) is 19.7. The van der Waals surface area contributed by atoms with Crippen LogP contribution in [-0.2, 0) is 0 Å². The highest BCUT2D eigenvalue weighted by Crippen LogP contribution is 2.42. The van der Waals surface area contributed by atoms with E-state index in [1.54, 1.807) is 30.3 Å². The number of allylic oxidation sites excluding steroid dienone is 2. The molecule has 27 heavy (non-hydrogen) atoms. The number of ether oxygens (including phenoxy) is 1. The molecule has 0 saturated carbocycles. The molecule has 0 heterocycles. The van der Waals surface area contributed by atoms with Crippen LogP contribution in [0, 0.1) is 22.7 Å². The predicted octanol–water partition coefficient (Wildman–Crippen LogP) is 5.39. The van der Waals surface area contributed by atoms with Crippen LogP contribution in [0.3, 0.4) is 0 Å².